The van der Waals surface area contributed by atoms with E-state index in [1.807, 2.05) is 24.3 Å². The highest BCUT2D eigenvalue weighted by atomic mass is 16.5. The van der Waals surface area contributed by atoms with Crippen molar-refractivity contribution >= 4 is 5.69 Å². The second kappa shape index (κ2) is 5.39. The average Bonchev–Trinajstić information content (AvgIpc) is 2.82. The topological polar surface area (TPSA) is 47.3 Å². The van der Waals surface area contributed by atoms with Gasteiger partial charge in [-0.05, 0) is 25.1 Å². The molecule has 0 saturated heterocycles. The molecule has 0 aliphatic heterocycles. The van der Waals surface area contributed by atoms with E-state index in [1.54, 1.807) is 19.6 Å². The first-order chi connectivity index (χ1) is 8.28. The van der Waals surface area contributed by atoms with Crippen molar-refractivity contribution in [2.75, 3.05) is 12.4 Å². The second-order valence-corrected chi connectivity index (χ2v) is 3.92. The number of furan rings is 1. The van der Waals surface area contributed by atoms with Crippen LogP contribution in [0.2, 0.25) is 0 Å². The molecule has 0 aromatic carbocycles. The van der Waals surface area contributed by atoms with Gasteiger partial charge in [0, 0.05) is 18.5 Å². The molecule has 2 heterocycles. The van der Waals surface area contributed by atoms with Gasteiger partial charge in [0.2, 0.25) is 5.88 Å². The zero-order chi connectivity index (χ0) is 12.1. The van der Waals surface area contributed by atoms with Crippen LogP contribution < -0.4 is 10.1 Å². The summed E-state index contributed by atoms with van der Waals surface area (Å²) < 4.78 is 10.3. The molecular weight excluding hydrogens is 216 g/mol. The van der Waals surface area contributed by atoms with Gasteiger partial charge in [-0.2, -0.15) is 0 Å². The summed E-state index contributed by atoms with van der Waals surface area (Å²) in [4.78, 5) is 4.14. The molecule has 4 heteroatoms. The van der Waals surface area contributed by atoms with E-state index >= 15 is 0 Å². The summed E-state index contributed by atoms with van der Waals surface area (Å²) in [5.41, 5.74) is 0.977. The molecule has 90 valence electrons. The largest absolute Gasteiger partial charge is 0.481 e. The highest BCUT2D eigenvalue weighted by Crippen LogP contribution is 2.13. The third-order valence-corrected chi connectivity index (χ3v) is 2.45. The van der Waals surface area contributed by atoms with Crippen LogP contribution in [0.1, 0.15) is 12.7 Å². The minimum atomic E-state index is 0.288. The predicted molar refractivity (Wildman–Crippen MR) is 66.3 cm³/mol. The number of pyridine rings is 1. The van der Waals surface area contributed by atoms with Crippen molar-refractivity contribution < 1.29 is 9.15 Å². The predicted octanol–water partition coefficient (Wildman–Crippen LogP) is 2.73. The molecule has 0 radical (unpaired) electrons. The summed E-state index contributed by atoms with van der Waals surface area (Å²) in [5, 5.41) is 3.35. The third kappa shape index (κ3) is 3.24. The van der Waals surface area contributed by atoms with Crippen molar-refractivity contribution in [3.8, 4) is 5.88 Å². The number of ether oxygens (including phenoxy) is 1. The number of nitrogens with zero attached hydrogens (tertiary/aromatic N) is 1. The summed E-state index contributed by atoms with van der Waals surface area (Å²) >= 11 is 0. The lowest BCUT2D eigenvalue weighted by atomic mass is 10.2. The fourth-order valence-corrected chi connectivity index (χ4v) is 1.65. The molecule has 0 amide bonds. The quantitative estimate of drug-likeness (QED) is 0.861. The van der Waals surface area contributed by atoms with Gasteiger partial charge in [0.25, 0.3) is 0 Å². The zero-order valence-corrected chi connectivity index (χ0v) is 10.0. The van der Waals surface area contributed by atoms with Gasteiger partial charge >= 0.3 is 0 Å². The van der Waals surface area contributed by atoms with Crippen LogP contribution in [0, 0.1) is 0 Å². The maximum Gasteiger partial charge on any atom is 0.213 e. The second-order valence-electron chi connectivity index (χ2n) is 3.92. The Kier molecular flexibility index (Phi) is 3.65. The van der Waals surface area contributed by atoms with E-state index in [1.165, 1.54) is 0 Å². The normalized spacial score (nSPS) is 12.1. The molecule has 4 nitrogen and oxygen atoms in total. The minimum Gasteiger partial charge on any atom is -0.481 e. The van der Waals surface area contributed by atoms with Crippen LogP contribution in [0.15, 0.2) is 41.1 Å². The van der Waals surface area contributed by atoms with Crippen molar-refractivity contribution in [1.82, 2.24) is 4.98 Å². The molecule has 2 aromatic rings. The number of anilines is 1. The van der Waals surface area contributed by atoms with E-state index in [2.05, 4.69) is 17.2 Å². The third-order valence-electron chi connectivity index (χ3n) is 2.45. The van der Waals surface area contributed by atoms with Crippen LogP contribution >= 0.6 is 0 Å². The number of nitrogens with one attached hydrogen (secondary N) is 1. The average molecular weight is 232 g/mol. The van der Waals surface area contributed by atoms with Gasteiger partial charge in [-0.3, -0.25) is 0 Å². The standard InChI is InChI=1S/C13H16N2O2/c1-10(8-12-4-3-7-17-12)15-11-5-6-13(16-2)14-9-11/h3-7,9-10,15H,8H2,1-2H3. The van der Waals surface area contributed by atoms with E-state index in [0.29, 0.717) is 5.88 Å². The van der Waals surface area contributed by atoms with Crippen molar-refractivity contribution in [3.63, 3.8) is 0 Å². The molecule has 0 spiro atoms. The van der Waals surface area contributed by atoms with Gasteiger partial charge in [0.05, 0.1) is 25.3 Å². The van der Waals surface area contributed by atoms with E-state index in [9.17, 15) is 0 Å². The van der Waals surface area contributed by atoms with E-state index < -0.39 is 0 Å². The fourth-order valence-electron chi connectivity index (χ4n) is 1.65. The summed E-state index contributed by atoms with van der Waals surface area (Å²) in [5.74, 6) is 1.60. The minimum absolute atomic E-state index is 0.288. The van der Waals surface area contributed by atoms with Crippen LogP contribution in [0.25, 0.3) is 0 Å². The SMILES string of the molecule is COc1ccc(NC(C)Cc2ccco2)cn1. The number of hydrogen-bond acceptors (Lipinski definition) is 4. The summed E-state index contributed by atoms with van der Waals surface area (Å²) in [7, 11) is 1.61. The number of aromatic nitrogens is 1. The lowest BCUT2D eigenvalue weighted by Crippen LogP contribution is -2.17. The first-order valence-corrected chi connectivity index (χ1v) is 5.57. The van der Waals surface area contributed by atoms with Gasteiger partial charge in [-0.1, -0.05) is 0 Å². The first kappa shape index (κ1) is 11.5. The Morgan fingerprint density at radius 2 is 2.29 bits per heavy atom. The van der Waals surface area contributed by atoms with E-state index in [0.717, 1.165) is 17.9 Å². The van der Waals surface area contributed by atoms with Gasteiger partial charge in [0.15, 0.2) is 0 Å². The van der Waals surface area contributed by atoms with Gasteiger partial charge in [-0.15, -0.1) is 0 Å². The van der Waals surface area contributed by atoms with Crippen LogP contribution in [0.4, 0.5) is 5.69 Å². The van der Waals surface area contributed by atoms with Gasteiger partial charge in [0.1, 0.15) is 5.76 Å². The Morgan fingerprint density at radius 3 is 2.88 bits per heavy atom. The Bertz CT molecular complexity index is 437. The smallest absolute Gasteiger partial charge is 0.213 e. The number of rotatable bonds is 5. The number of methoxy groups -OCH3 is 1. The number of hydrogen-bond donors (Lipinski definition) is 1. The molecule has 1 unspecified atom stereocenters. The summed E-state index contributed by atoms with van der Waals surface area (Å²) in [6.45, 7) is 2.10. The molecule has 0 fully saturated rings. The maximum atomic E-state index is 5.30. The van der Waals surface area contributed by atoms with Crippen LogP contribution in [0.5, 0.6) is 5.88 Å². The molecule has 0 aliphatic rings. The molecule has 1 atom stereocenters. The summed E-state index contributed by atoms with van der Waals surface area (Å²) in [6, 6.07) is 7.95. The lowest BCUT2D eigenvalue weighted by Gasteiger charge is -2.13. The highest BCUT2D eigenvalue weighted by molar-refractivity contribution is 5.42. The highest BCUT2D eigenvalue weighted by Gasteiger charge is 2.05. The van der Waals surface area contributed by atoms with E-state index in [4.69, 9.17) is 9.15 Å². The maximum absolute atomic E-state index is 5.30. The van der Waals surface area contributed by atoms with Crippen molar-refractivity contribution in [3.05, 3.63) is 42.5 Å². The molecular formula is C13H16N2O2. The van der Waals surface area contributed by atoms with Crippen molar-refractivity contribution in [2.24, 2.45) is 0 Å². The van der Waals surface area contributed by atoms with Gasteiger partial charge in [-0.25, -0.2) is 4.98 Å². The van der Waals surface area contributed by atoms with Crippen LogP contribution in [-0.4, -0.2) is 18.1 Å². The Labute approximate surface area is 101 Å². The molecule has 0 saturated carbocycles. The van der Waals surface area contributed by atoms with E-state index in [-0.39, 0.29) is 6.04 Å². The molecule has 2 rings (SSSR count). The lowest BCUT2D eigenvalue weighted by molar-refractivity contribution is 0.398. The van der Waals surface area contributed by atoms with Crippen LogP contribution in [-0.2, 0) is 6.42 Å². The Hall–Kier alpha value is -1.97. The molecule has 0 bridgehead atoms. The van der Waals surface area contributed by atoms with Crippen molar-refractivity contribution in [2.45, 2.75) is 19.4 Å². The Balaban J connectivity index is 1.91. The molecule has 17 heavy (non-hydrogen) atoms. The zero-order valence-electron chi connectivity index (χ0n) is 10.0. The fraction of sp³-hybridized carbons (Fsp3) is 0.308. The van der Waals surface area contributed by atoms with Crippen molar-refractivity contribution in [1.29, 1.82) is 0 Å². The van der Waals surface area contributed by atoms with Gasteiger partial charge < -0.3 is 14.5 Å². The molecule has 2 aromatic heterocycles. The summed E-state index contributed by atoms with van der Waals surface area (Å²) in [6.07, 6.45) is 4.30. The van der Waals surface area contributed by atoms with Crippen LogP contribution in [0.3, 0.4) is 0 Å². The Morgan fingerprint density at radius 1 is 1.41 bits per heavy atom. The molecule has 1 N–H and O–H groups in total. The molecule has 0 aliphatic carbocycles. The monoisotopic (exact) mass is 232 g/mol. The first-order valence-electron chi connectivity index (χ1n) is 5.57.